The SMILES string of the molecule is NC(=O)N(Cc1ccc(Cl)cc1)C(N)=Nc1ccc(O)cc1. The monoisotopic (exact) mass is 318 g/mol. The lowest BCUT2D eigenvalue weighted by molar-refractivity contribution is 0.228. The molecule has 2 rings (SSSR count). The topological polar surface area (TPSA) is 105 Å². The van der Waals surface area contributed by atoms with Gasteiger partial charge >= 0.3 is 6.03 Å². The van der Waals surface area contributed by atoms with Gasteiger partial charge in [0.05, 0.1) is 12.2 Å². The van der Waals surface area contributed by atoms with Crippen molar-refractivity contribution in [1.29, 1.82) is 0 Å². The highest BCUT2D eigenvalue weighted by Gasteiger charge is 2.14. The number of aliphatic imine (C=N–C) groups is 1. The number of rotatable bonds is 3. The molecule has 6 nitrogen and oxygen atoms in total. The summed E-state index contributed by atoms with van der Waals surface area (Å²) >= 11 is 5.82. The van der Waals surface area contributed by atoms with Crippen molar-refractivity contribution < 1.29 is 9.90 Å². The number of amides is 2. The van der Waals surface area contributed by atoms with E-state index in [1.807, 2.05) is 0 Å². The summed E-state index contributed by atoms with van der Waals surface area (Å²) in [6, 6.07) is 12.3. The predicted octanol–water partition coefficient (Wildman–Crippen LogP) is 2.57. The van der Waals surface area contributed by atoms with Crippen LogP contribution in [0.4, 0.5) is 10.5 Å². The first-order valence-corrected chi connectivity index (χ1v) is 6.78. The van der Waals surface area contributed by atoms with E-state index in [-0.39, 0.29) is 18.3 Å². The summed E-state index contributed by atoms with van der Waals surface area (Å²) in [7, 11) is 0. The van der Waals surface area contributed by atoms with Gasteiger partial charge < -0.3 is 16.6 Å². The first kappa shape index (κ1) is 15.7. The van der Waals surface area contributed by atoms with Gasteiger partial charge in [0.25, 0.3) is 0 Å². The first-order valence-electron chi connectivity index (χ1n) is 6.40. The molecule has 0 saturated heterocycles. The molecule has 0 fully saturated rings. The molecule has 114 valence electrons. The van der Waals surface area contributed by atoms with Crippen LogP contribution in [0, 0.1) is 0 Å². The van der Waals surface area contributed by atoms with Crippen molar-refractivity contribution in [2.75, 3.05) is 0 Å². The third kappa shape index (κ3) is 4.13. The smallest absolute Gasteiger partial charge is 0.321 e. The van der Waals surface area contributed by atoms with Gasteiger partial charge in [-0.3, -0.25) is 4.90 Å². The number of hydrogen-bond donors (Lipinski definition) is 3. The molecule has 0 unspecified atom stereocenters. The zero-order valence-electron chi connectivity index (χ0n) is 11.6. The predicted molar refractivity (Wildman–Crippen MR) is 86.0 cm³/mol. The first-order chi connectivity index (χ1) is 10.5. The Balaban J connectivity index is 2.21. The van der Waals surface area contributed by atoms with Gasteiger partial charge in [-0.25, -0.2) is 9.79 Å². The molecule has 22 heavy (non-hydrogen) atoms. The van der Waals surface area contributed by atoms with Gasteiger partial charge in [0.2, 0.25) is 5.96 Å². The molecule has 0 bridgehead atoms. The van der Waals surface area contributed by atoms with Gasteiger partial charge in [-0.15, -0.1) is 0 Å². The fourth-order valence-corrected chi connectivity index (χ4v) is 1.89. The number of primary amides is 1. The molecule has 2 aromatic carbocycles. The number of halogens is 1. The number of benzene rings is 2. The fraction of sp³-hybridized carbons (Fsp3) is 0.0667. The molecular formula is C15H15ClN4O2. The van der Waals surface area contributed by atoms with Crippen LogP contribution in [-0.4, -0.2) is 22.0 Å². The molecule has 0 aromatic heterocycles. The highest BCUT2D eigenvalue weighted by molar-refractivity contribution is 6.30. The van der Waals surface area contributed by atoms with Gasteiger partial charge in [0, 0.05) is 5.02 Å². The summed E-state index contributed by atoms with van der Waals surface area (Å²) < 4.78 is 0. The maximum Gasteiger partial charge on any atom is 0.321 e. The molecule has 2 aromatic rings. The maximum atomic E-state index is 11.6. The quantitative estimate of drug-likeness (QED) is 0.598. The van der Waals surface area contributed by atoms with Crippen LogP contribution in [0.2, 0.25) is 5.02 Å². The Bertz CT molecular complexity index is 684. The maximum absolute atomic E-state index is 11.6. The molecule has 0 aliphatic heterocycles. The van der Waals surface area contributed by atoms with Gasteiger partial charge in [-0.2, -0.15) is 0 Å². The molecule has 2 amide bonds. The van der Waals surface area contributed by atoms with Gasteiger partial charge in [0.1, 0.15) is 5.75 Å². The number of urea groups is 1. The molecule has 7 heteroatoms. The number of phenolic OH excluding ortho intramolecular Hbond substituents is 1. The third-order valence-electron chi connectivity index (χ3n) is 2.89. The number of carbonyl (C=O) groups is 1. The van der Waals surface area contributed by atoms with Crippen molar-refractivity contribution in [2.24, 2.45) is 16.5 Å². The van der Waals surface area contributed by atoms with E-state index < -0.39 is 6.03 Å². The Morgan fingerprint density at radius 1 is 1.09 bits per heavy atom. The summed E-state index contributed by atoms with van der Waals surface area (Å²) in [4.78, 5) is 16.8. The van der Waals surface area contributed by atoms with E-state index in [1.54, 1.807) is 36.4 Å². The highest BCUT2D eigenvalue weighted by atomic mass is 35.5. The van der Waals surface area contributed by atoms with Crippen molar-refractivity contribution >= 4 is 29.3 Å². The van der Waals surface area contributed by atoms with E-state index in [1.165, 1.54) is 12.1 Å². The second-order valence-corrected chi connectivity index (χ2v) is 4.97. The van der Waals surface area contributed by atoms with Crippen molar-refractivity contribution in [1.82, 2.24) is 4.90 Å². The zero-order chi connectivity index (χ0) is 16.1. The average molecular weight is 319 g/mol. The summed E-state index contributed by atoms with van der Waals surface area (Å²) in [5.41, 5.74) is 12.5. The Hall–Kier alpha value is -2.73. The minimum atomic E-state index is -0.713. The Morgan fingerprint density at radius 2 is 1.68 bits per heavy atom. The number of nitrogens with two attached hydrogens (primary N) is 2. The minimum Gasteiger partial charge on any atom is -0.508 e. The van der Waals surface area contributed by atoms with E-state index in [0.717, 1.165) is 10.5 Å². The fourth-order valence-electron chi connectivity index (χ4n) is 1.76. The largest absolute Gasteiger partial charge is 0.508 e. The summed E-state index contributed by atoms with van der Waals surface area (Å²) in [6.07, 6.45) is 0. The standard InChI is InChI=1S/C15H15ClN4O2/c16-11-3-1-10(2-4-11)9-20(15(18)22)14(17)19-12-5-7-13(21)8-6-12/h1-8,21H,9H2,(H2,17,19)(H2,18,22). The molecule has 5 N–H and O–H groups in total. The lowest BCUT2D eigenvalue weighted by atomic mass is 10.2. The summed E-state index contributed by atoms with van der Waals surface area (Å²) in [6.45, 7) is 0.180. The number of guanidine groups is 1. The lowest BCUT2D eigenvalue weighted by Gasteiger charge is -2.19. The van der Waals surface area contributed by atoms with Crippen molar-refractivity contribution in [3.63, 3.8) is 0 Å². The number of aromatic hydroxyl groups is 1. The summed E-state index contributed by atoms with van der Waals surface area (Å²) in [5, 5.41) is 9.83. The molecule has 0 heterocycles. The van der Waals surface area contributed by atoms with Gasteiger partial charge in [-0.1, -0.05) is 23.7 Å². The van der Waals surface area contributed by atoms with Gasteiger partial charge in [0.15, 0.2) is 0 Å². The van der Waals surface area contributed by atoms with Crippen LogP contribution in [0.1, 0.15) is 5.56 Å². The second-order valence-electron chi connectivity index (χ2n) is 4.54. The lowest BCUT2D eigenvalue weighted by Crippen LogP contribution is -2.44. The number of carbonyl (C=O) groups excluding carboxylic acids is 1. The molecule has 0 aliphatic carbocycles. The molecule has 0 radical (unpaired) electrons. The highest BCUT2D eigenvalue weighted by Crippen LogP contribution is 2.17. The summed E-state index contributed by atoms with van der Waals surface area (Å²) in [5.74, 6) is 0.0820. The van der Waals surface area contributed by atoms with Crippen LogP contribution in [0.5, 0.6) is 5.75 Å². The molecule has 0 saturated carbocycles. The minimum absolute atomic E-state index is 0.0341. The van der Waals surface area contributed by atoms with E-state index in [4.69, 9.17) is 23.1 Å². The van der Waals surface area contributed by atoms with Crippen molar-refractivity contribution in [3.8, 4) is 5.75 Å². The van der Waals surface area contributed by atoms with Crippen LogP contribution in [0.3, 0.4) is 0 Å². The normalized spacial score (nSPS) is 11.2. The van der Waals surface area contributed by atoms with Crippen LogP contribution in [0.25, 0.3) is 0 Å². The molecule has 0 spiro atoms. The van der Waals surface area contributed by atoms with E-state index in [0.29, 0.717) is 10.7 Å². The van der Waals surface area contributed by atoms with Gasteiger partial charge in [-0.05, 0) is 42.0 Å². The zero-order valence-corrected chi connectivity index (χ0v) is 12.4. The van der Waals surface area contributed by atoms with E-state index in [2.05, 4.69) is 4.99 Å². The van der Waals surface area contributed by atoms with Crippen LogP contribution in [0.15, 0.2) is 53.5 Å². The van der Waals surface area contributed by atoms with Crippen LogP contribution >= 0.6 is 11.6 Å². The second kappa shape index (κ2) is 6.82. The van der Waals surface area contributed by atoms with Crippen molar-refractivity contribution in [2.45, 2.75) is 6.54 Å². The Morgan fingerprint density at radius 3 is 2.23 bits per heavy atom. The molecular weight excluding hydrogens is 304 g/mol. The number of phenols is 1. The Kier molecular flexibility index (Phi) is 4.85. The number of hydrogen-bond acceptors (Lipinski definition) is 3. The van der Waals surface area contributed by atoms with E-state index in [9.17, 15) is 9.90 Å². The molecule has 0 aliphatic rings. The molecule has 0 atom stereocenters. The van der Waals surface area contributed by atoms with Crippen LogP contribution < -0.4 is 11.5 Å². The number of nitrogens with zero attached hydrogens (tertiary/aromatic N) is 2. The van der Waals surface area contributed by atoms with Crippen molar-refractivity contribution in [3.05, 3.63) is 59.1 Å². The average Bonchev–Trinajstić information content (AvgIpc) is 2.48. The Labute approximate surface area is 132 Å². The van der Waals surface area contributed by atoms with Crippen LogP contribution in [-0.2, 0) is 6.54 Å². The third-order valence-corrected chi connectivity index (χ3v) is 3.14. The van der Waals surface area contributed by atoms with E-state index >= 15 is 0 Å².